The van der Waals surface area contributed by atoms with E-state index in [0.717, 1.165) is 49.8 Å². The van der Waals surface area contributed by atoms with E-state index in [4.69, 9.17) is 19.4 Å². The number of benzene rings is 7. The second-order valence-electron chi connectivity index (χ2n) is 12.4. The zero-order valence-electron chi connectivity index (χ0n) is 26.7. The Hall–Kier alpha value is -6.43. The second-order valence-corrected chi connectivity index (χ2v) is 13.5. The fourth-order valence-electron chi connectivity index (χ4n) is 6.85. The molecule has 0 fully saturated rings. The summed E-state index contributed by atoms with van der Waals surface area (Å²) in [5.74, 6) is 1.92. The quantitative estimate of drug-likeness (QED) is 0.185. The predicted molar refractivity (Wildman–Crippen MR) is 207 cm³/mol. The molecule has 0 atom stereocenters. The predicted octanol–water partition coefficient (Wildman–Crippen LogP) is 12.5. The number of fused-ring (bicyclic) bond motifs is 6. The Balaban J connectivity index is 1.11. The van der Waals surface area contributed by atoms with Crippen molar-refractivity contribution >= 4 is 53.4 Å². The lowest BCUT2D eigenvalue weighted by Gasteiger charge is -2.09. The van der Waals surface area contributed by atoms with Crippen molar-refractivity contribution in [3.8, 4) is 56.4 Å². The van der Waals surface area contributed by atoms with Gasteiger partial charge in [0.05, 0.1) is 0 Å². The van der Waals surface area contributed by atoms with Gasteiger partial charge in [-0.25, -0.2) is 15.0 Å². The molecule has 3 heterocycles. The monoisotopic (exact) mass is 657 g/mol. The Morgan fingerprint density at radius 1 is 0.360 bits per heavy atom. The molecule has 50 heavy (non-hydrogen) atoms. The summed E-state index contributed by atoms with van der Waals surface area (Å²) in [7, 11) is 0. The van der Waals surface area contributed by atoms with Gasteiger partial charge in [0.1, 0.15) is 11.2 Å². The Morgan fingerprint density at radius 2 is 0.880 bits per heavy atom. The van der Waals surface area contributed by atoms with Crippen LogP contribution in [0, 0.1) is 0 Å². The summed E-state index contributed by atoms with van der Waals surface area (Å²) in [4.78, 5) is 15.2. The van der Waals surface area contributed by atoms with Crippen molar-refractivity contribution in [1.82, 2.24) is 15.0 Å². The third-order valence-electron chi connectivity index (χ3n) is 9.37. The average Bonchev–Trinajstić information content (AvgIpc) is 3.76. The lowest BCUT2D eigenvalue weighted by atomic mass is 9.99. The molecule has 10 rings (SSSR count). The first-order valence-electron chi connectivity index (χ1n) is 16.6. The van der Waals surface area contributed by atoms with Crippen LogP contribution in [0.4, 0.5) is 0 Å². The molecule has 0 aliphatic rings. The molecule has 0 radical (unpaired) electrons. The van der Waals surface area contributed by atoms with Crippen LogP contribution < -0.4 is 0 Å². The third kappa shape index (κ3) is 4.87. The molecular formula is C45H27N3OS. The maximum absolute atomic E-state index is 6.32. The van der Waals surface area contributed by atoms with Crippen LogP contribution in [0.3, 0.4) is 0 Å². The van der Waals surface area contributed by atoms with Gasteiger partial charge in [0, 0.05) is 47.6 Å². The van der Waals surface area contributed by atoms with Gasteiger partial charge in [-0.05, 0) is 64.7 Å². The van der Waals surface area contributed by atoms with Gasteiger partial charge in [-0.3, -0.25) is 0 Å². The van der Waals surface area contributed by atoms with Crippen molar-refractivity contribution in [2.24, 2.45) is 0 Å². The molecule has 0 aliphatic heterocycles. The normalized spacial score (nSPS) is 11.6. The molecule has 0 unspecified atom stereocenters. The van der Waals surface area contributed by atoms with E-state index in [1.165, 1.54) is 31.3 Å². The van der Waals surface area contributed by atoms with E-state index in [1.54, 1.807) is 11.3 Å². The molecule has 5 heteroatoms. The molecule has 0 saturated carbocycles. The fourth-order valence-corrected chi connectivity index (χ4v) is 8.06. The number of hydrogen-bond acceptors (Lipinski definition) is 5. The van der Waals surface area contributed by atoms with Crippen LogP contribution in [0.15, 0.2) is 168 Å². The summed E-state index contributed by atoms with van der Waals surface area (Å²) < 4.78 is 8.74. The van der Waals surface area contributed by atoms with Crippen molar-refractivity contribution in [2.75, 3.05) is 0 Å². The van der Waals surface area contributed by atoms with Gasteiger partial charge in [0.2, 0.25) is 0 Å². The fraction of sp³-hybridized carbons (Fsp3) is 0. The Kier molecular flexibility index (Phi) is 6.64. The summed E-state index contributed by atoms with van der Waals surface area (Å²) >= 11 is 1.78. The molecule has 0 spiro atoms. The van der Waals surface area contributed by atoms with Gasteiger partial charge < -0.3 is 4.42 Å². The minimum absolute atomic E-state index is 0.621. The van der Waals surface area contributed by atoms with Crippen LogP contribution in [-0.2, 0) is 0 Å². The smallest absolute Gasteiger partial charge is 0.165 e. The minimum Gasteiger partial charge on any atom is -0.456 e. The van der Waals surface area contributed by atoms with Crippen LogP contribution in [0.1, 0.15) is 0 Å². The number of thiophene rings is 1. The molecule has 0 bridgehead atoms. The largest absolute Gasteiger partial charge is 0.456 e. The standard InChI is InChI=1S/C45H27N3OS/c1-3-10-28(11-4-1)29-18-20-30(21-19-29)32-22-24-39-37(26-32)38-27-33(23-25-40(38)49-39)44-46-43(31-12-5-2-6-13-31)47-45(48-44)36-16-9-15-35-34-14-7-8-17-41(34)50-42(35)36/h1-27H. The van der Waals surface area contributed by atoms with Crippen LogP contribution >= 0.6 is 11.3 Å². The zero-order valence-corrected chi connectivity index (χ0v) is 27.6. The van der Waals surface area contributed by atoms with E-state index >= 15 is 0 Å². The summed E-state index contributed by atoms with van der Waals surface area (Å²) in [5.41, 5.74) is 9.22. The van der Waals surface area contributed by atoms with Crippen molar-refractivity contribution in [1.29, 1.82) is 0 Å². The van der Waals surface area contributed by atoms with E-state index in [0.29, 0.717) is 17.5 Å². The first-order chi connectivity index (χ1) is 24.7. The second kappa shape index (κ2) is 11.6. The number of nitrogens with zero attached hydrogens (tertiary/aromatic N) is 3. The SMILES string of the molecule is c1ccc(-c2ccc(-c3ccc4oc5ccc(-c6nc(-c7ccccc7)nc(-c7cccc8c7sc7ccccc78)n6)cc5c4c3)cc2)cc1. The molecule has 0 aliphatic carbocycles. The van der Waals surface area contributed by atoms with Gasteiger partial charge in [0.25, 0.3) is 0 Å². The van der Waals surface area contributed by atoms with E-state index in [1.807, 2.05) is 48.5 Å². The summed E-state index contributed by atoms with van der Waals surface area (Å²) in [5, 5.41) is 4.54. The van der Waals surface area contributed by atoms with Crippen molar-refractivity contribution in [3.05, 3.63) is 164 Å². The van der Waals surface area contributed by atoms with Gasteiger partial charge >= 0.3 is 0 Å². The van der Waals surface area contributed by atoms with Gasteiger partial charge in [-0.1, -0.05) is 121 Å². The highest BCUT2D eigenvalue weighted by atomic mass is 32.1. The summed E-state index contributed by atoms with van der Waals surface area (Å²) in [6, 6.07) is 56.9. The Morgan fingerprint density at radius 3 is 1.62 bits per heavy atom. The van der Waals surface area contributed by atoms with Crippen LogP contribution in [0.5, 0.6) is 0 Å². The van der Waals surface area contributed by atoms with Gasteiger partial charge in [-0.15, -0.1) is 11.3 Å². The summed E-state index contributed by atoms with van der Waals surface area (Å²) in [6.07, 6.45) is 0. The molecule has 4 nitrogen and oxygen atoms in total. The van der Waals surface area contributed by atoms with E-state index in [-0.39, 0.29) is 0 Å². The van der Waals surface area contributed by atoms with Crippen LogP contribution in [-0.4, -0.2) is 15.0 Å². The van der Waals surface area contributed by atoms with Gasteiger partial charge in [0.15, 0.2) is 17.5 Å². The molecular weight excluding hydrogens is 631 g/mol. The van der Waals surface area contributed by atoms with Crippen LogP contribution in [0.2, 0.25) is 0 Å². The number of hydrogen-bond donors (Lipinski definition) is 0. The number of aromatic nitrogens is 3. The molecule has 7 aromatic carbocycles. The third-order valence-corrected chi connectivity index (χ3v) is 10.6. The average molecular weight is 658 g/mol. The lowest BCUT2D eigenvalue weighted by molar-refractivity contribution is 0.669. The molecule has 0 amide bonds. The number of furan rings is 1. The maximum Gasteiger partial charge on any atom is 0.165 e. The van der Waals surface area contributed by atoms with Crippen molar-refractivity contribution in [3.63, 3.8) is 0 Å². The molecule has 0 N–H and O–H groups in total. The van der Waals surface area contributed by atoms with Gasteiger partial charge in [-0.2, -0.15) is 0 Å². The molecule has 10 aromatic rings. The minimum atomic E-state index is 0.621. The highest BCUT2D eigenvalue weighted by Crippen LogP contribution is 2.40. The zero-order chi connectivity index (χ0) is 33.0. The number of rotatable bonds is 5. The molecule has 0 saturated heterocycles. The first kappa shape index (κ1) is 28.6. The molecule has 234 valence electrons. The molecule has 3 aromatic heterocycles. The van der Waals surface area contributed by atoms with E-state index in [2.05, 4.69) is 115 Å². The Labute approximate surface area is 292 Å². The van der Waals surface area contributed by atoms with Crippen molar-refractivity contribution < 1.29 is 4.42 Å². The van der Waals surface area contributed by atoms with Crippen LogP contribution in [0.25, 0.3) is 98.5 Å². The highest BCUT2D eigenvalue weighted by Gasteiger charge is 2.18. The van der Waals surface area contributed by atoms with E-state index in [9.17, 15) is 0 Å². The van der Waals surface area contributed by atoms with Crippen molar-refractivity contribution in [2.45, 2.75) is 0 Å². The maximum atomic E-state index is 6.32. The topological polar surface area (TPSA) is 51.8 Å². The Bertz CT molecular complexity index is 2860. The lowest BCUT2D eigenvalue weighted by Crippen LogP contribution is -2.00. The summed E-state index contributed by atoms with van der Waals surface area (Å²) in [6.45, 7) is 0. The highest BCUT2D eigenvalue weighted by molar-refractivity contribution is 7.26. The first-order valence-corrected chi connectivity index (χ1v) is 17.4. The van der Waals surface area contributed by atoms with E-state index < -0.39 is 0 Å².